The Morgan fingerprint density at radius 2 is 1.73 bits per heavy atom. The summed E-state index contributed by atoms with van der Waals surface area (Å²) in [6.07, 6.45) is 0. The van der Waals surface area contributed by atoms with E-state index in [-0.39, 0.29) is 5.91 Å². The summed E-state index contributed by atoms with van der Waals surface area (Å²) in [5.74, 6) is 2.32. The van der Waals surface area contributed by atoms with Crippen molar-refractivity contribution in [2.24, 2.45) is 0 Å². The lowest BCUT2D eigenvalue weighted by Crippen LogP contribution is -2.31. The topological polar surface area (TPSA) is 99.5 Å². The number of allylic oxidation sites excluding steroid dienone is 1. The number of aromatic nitrogens is 3. The highest BCUT2D eigenvalue weighted by molar-refractivity contribution is 9.10. The number of nitrogens with zero attached hydrogens (tertiary/aromatic N) is 3. The lowest BCUT2D eigenvalue weighted by molar-refractivity contribution is -0.113. The zero-order valence-electron chi connectivity index (χ0n) is 26.1. The minimum atomic E-state index is -0.677. The number of nitrogens with one attached hydrogen (secondary N) is 2. The van der Waals surface area contributed by atoms with E-state index in [4.69, 9.17) is 35.9 Å². The number of anilines is 2. The lowest BCUT2D eigenvalue weighted by Gasteiger charge is -2.29. The number of hydrogen-bond donors (Lipinski definition) is 2. The highest BCUT2D eigenvalue weighted by atomic mass is 79.9. The van der Waals surface area contributed by atoms with Gasteiger partial charge in [-0.3, -0.25) is 4.79 Å². The average Bonchev–Trinajstić information content (AvgIpc) is 3.49. The maximum Gasteiger partial charge on any atom is 0.255 e. The first-order valence-corrected chi connectivity index (χ1v) is 17.7. The summed E-state index contributed by atoms with van der Waals surface area (Å²) < 4.78 is 20.9. The average molecular weight is 812 g/mol. The Morgan fingerprint density at radius 1 is 1.00 bits per heavy atom. The minimum Gasteiger partial charge on any atom is -0.495 e. The van der Waals surface area contributed by atoms with Crippen LogP contribution in [0, 0.1) is 0 Å². The molecule has 0 aliphatic carbocycles. The van der Waals surface area contributed by atoms with E-state index in [1.807, 2.05) is 79.7 Å². The predicted molar refractivity (Wildman–Crippen MR) is 196 cm³/mol. The molecule has 48 heavy (non-hydrogen) atoms. The van der Waals surface area contributed by atoms with Gasteiger partial charge < -0.3 is 24.8 Å². The molecule has 0 saturated heterocycles. The zero-order valence-corrected chi connectivity index (χ0v) is 30.8. The van der Waals surface area contributed by atoms with Crippen LogP contribution in [0.25, 0.3) is 0 Å². The number of fused-ring (bicyclic) bond motifs is 1. The van der Waals surface area contributed by atoms with Crippen molar-refractivity contribution in [3.05, 3.63) is 127 Å². The van der Waals surface area contributed by atoms with Gasteiger partial charge in [-0.2, -0.15) is 4.98 Å². The molecule has 1 unspecified atom stereocenters. The molecule has 4 aromatic carbocycles. The molecule has 1 aliphatic rings. The summed E-state index contributed by atoms with van der Waals surface area (Å²) in [4.78, 5) is 18.9. The number of halogens is 3. The molecule has 0 spiro atoms. The maximum atomic E-state index is 14.2. The molecule has 246 valence electrons. The molecule has 1 aromatic heterocycles. The third kappa shape index (κ3) is 7.36. The van der Waals surface area contributed by atoms with Crippen molar-refractivity contribution in [1.82, 2.24) is 14.8 Å². The molecule has 13 heteroatoms. The quantitative estimate of drug-likeness (QED) is 0.128. The number of rotatable bonds is 11. The maximum absolute atomic E-state index is 14.2. The zero-order chi connectivity index (χ0) is 33.8. The van der Waals surface area contributed by atoms with Gasteiger partial charge in [-0.15, -0.1) is 5.10 Å². The Kier molecular flexibility index (Phi) is 10.6. The third-order valence-corrected chi connectivity index (χ3v) is 9.98. The number of para-hydroxylation sites is 2. The standard InChI is InChI=1S/C35H30Br2ClN5O4S/c1-20-30(33(44)40-27-10-6-7-11-28(27)45-2)31(43-34(39-20)41-35(42-43)48-19-22-8-4-5-9-26(22)38)23-16-25(37)32(29(17-23)46-3)47-18-21-12-14-24(36)15-13-21/h4-17,31H,18-19H2,1-3H3,(H,40,44)(H,39,41,42). The molecular formula is C35H30Br2ClN5O4S. The summed E-state index contributed by atoms with van der Waals surface area (Å²) in [5.41, 5.74) is 4.31. The second-order valence-electron chi connectivity index (χ2n) is 10.7. The van der Waals surface area contributed by atoms with Gasteiger partial charge in [-0.05, 0) is 82.0 Å². The summed E-state index contributed by atoms with van der Waals surface area (Å²) in [6.45, 7) is 2.18. The predicted octanol–water partition coefficient (Wildman–Crippen LogP) is 9.27. The Balaban J connectivity index is 1.38. The monoisotopic (exact) mass is 809 g/mol. The minimum absolute atomic E-state index is 0.327. The lowest BCUT2D eigenvalue weighted by atomic mass is 9.94. The molecule has 0 fully saturated rings. The molecule has 6 rings (SSSR count). The van der Waals surface area contributed by atoms with Gasteiger partial charge >= 0.3 is 0 Å². The van der Waals surface area contributed by atoms with Crippen LogP contribution in [0.2, 0.25) is 5.02 Å². The van der Waals surface area contributed by atoms with Crippen LogP contribution in [-0.4, -0.2) is 34.9 Å². The van der Waals surface area contributed by atoms with Gasteiger partial charge in [-0.1, -0.05) is 81.8 Å². The number of methoxy groups -OCH3 is 2. The van der Waals surface area contributed by atoms with Crippen molar-refractivity contribution in [3.63, 3.8) is 0 Å². The fourth-order valence-corrected chi connectivity index (χ4v) is 7.22. The Hall–Kier alpha value is -3.97. The highest BCUT2D eigenvalue weighted by Crippen LogP contribution is 2.44. The fourth-order valence-electron chi connectivity index (χ4n) is 5.26. The largest absolute Gasteiger partial charge is 0.495 e. The molecule has 1 aliphatic heterocycles. The van der Waals surface area contributed by atoms with Crippen molar-refractivity contribution < 1.29 is 19.0 Å². The number of hydrogen-bond acceptors (Lipinski definition) is 8. The molecule has 9 nitrogen and oxygen atoms in total. The first-order chi connectivity index (χ1) is 23.2. The summed E-state index contributed by atoms with van der Waals surface area (Å²) in [7, 11) is 3.15. The van der Waals surface area contributed by atoms with Crippen LogP contribution in [-0.2, 0) is 17.2 Å². The van der Waals surface area contributed by atoms with E-state index in [1.165, 1.54) is 11.8 Å². The van der Waals surface area contributed by atoms with Crippen LogP contribution in [0.3, 0.4) is 0 Å². The van der Waals surface area contributed by atoms with Gasteiger partial charge in [0.1, 0.15) is 18.4 Å². The Bertz CT molecular complexity index is 2000. The van der Waals surface area contributed by atoms with Gasteiger partial charge in [0, 0.05) is 20.9 Å². The van der Waals surface area contributed by atoms with Gasteiger partial charge in [-0.25, -0.2) is 4.68 Å². The van der Waals surface area contributed by atoms with Crippen LogP contribution in [0.4, 0.5) is 11.6 Å². The molecule has 0 saturated carbocycles. The van der Waals surface area contributed by atoms with Crippen LogP contribution in [0.1, 0.15) is 29.7 Å². The molecule has 2 N–H and O–H groups in total. The van der Waals surface area contributed by atoms with E-state index in [0.29, 0.717) is 67.2 Å². The summed E-state index contributed by atoms with van der Waals surface area (Å²) in [6, 6.07) is 26.0. The molecule has 5 aromatic rings. The van der Waals surface area contributed by atoms with E-state index >= 15 is 0 Å². The third-order valence-electron chi connectivity index (χ3n) is 7.61. The van der Waals surface area contributed by atoms with Gasteiger partial charge in [0.15, 0.2) is 11.5 Å². The number of thioether (sulfide) groups is 1. The van der Waals surface area contributed by atoms with Crippen molar-refractivity contribution in [3.8, 4) is 17.2 Å². The Morgan fingerprint density at radius 3 is 2.48 bits per heavy atom. The normalized spacial score (nSPS) is 13.8. The molecular weight excluding hydrogens is 782 g/mol. The van der Waals surface area contributed by atoms with Gasteiger partial charge in [0.05, 0.1) is 30.0 Å². The molecule has 2 heterocycles. The van der Waals surface area contributed by atoms with E-state index in [0.717, 1.165) is 21.2 Å². The van der Waals surface area contributed by atoms with Crippen LogP contribution >= 0.6 is 55.2 Å². The van der Waals surface area contributed by atoms with E-state index in [9.17, 15) is 4.79 Å². The summed E-state index contributed by atoms with van der Waals surface area (Å²) in [5, 5.41) is 12.4. The highest BCUT2D eigenvalue weighted by Gasteiger charge is 2.36. The molecule has 1 amide bonds. The van der Waals surface area contributed by atoms with Crippen molar-refractivity contribution in [2.45, 2.75) is 30.5 Å². The Labute approximate surface area is 304 Å². The second kappa shape index (κ2) is 15.1. The summed E-state index contributed by atoms with van der Waals surface area (Å²) >= 11 is 15.1. The fraction of sp³-hybridized carbons (Fsp3) is 0.171. The first-order valence-electron chi connectivity index (χ1n) is 14.7. The number of ether oxygens (including phenoxy) is 3. The molecule has 0 radical (unpaired) electrons. The van der Waals surface area contributed by atoms with Crippen LogP contribution < -0.4 is 24.8 Å². The van der Waals surface area contributed by atoms with Gasteiger partial charge in [0.2, 0.25) is 11.1 Å². The van der Waals surface area contributed by atoms with Crippen LogP contribution in [0.5, 0.6) is 17.2 Å². The van der Waals surface area contributed by atoms with E-state index in [2.05, 4.69) is 42.5 Å². The van der Waals surface area contributed by atoms with Gasteiger partial charge in [0.25, 0.3) is 5.91 Å². The van der Waals surface area contributed by atoms with E-state index < -0.39 is 6.04 Å². The first kappa shape index (κ1) is 33.9. The number of amides is 1. The number of carbonyl (C=O) groups is 1. The van der Waals surface area contributed by atoms with Crippen molar-refractivity contribution in [2.75, 3.05) is 24.9 Å². The number of benzene rings is 4. The van der Waals surface area contributed by atoms with Crippen LogP contribution in [0.15, 0.2) is 110 Å². The van der Waals surface area contributed by atoms with E-state index in [1.54, 1.807) is 31.0 Å². The smallest absolute Gasteiger partial charge is 0.255 e. The SMILES string of the molecule is COc1ccccc1NC(=O)C1=C(C)Nc2nc(SCc3ccccc3Cl)nn2C1c1cc(Br)c(OCc2ccc(Br)cc2)c(OC)c1. The van der Waals surface area contributed by atoms with Crippen molar-refractivity contribution in [1.29, 1.82) is 0 Å². The van der Waals surface area contributed by atoms with Crippen molar-refractivity contribution >= 4 is 72.8 Å². The number of carbonyl (C=O) groups excluding carboxylic acids is 1. The second-order valence-corrected chi connectivity index (χ2v) is 13.8. The molecule has 1 atom stereocenters. The molecule has 0 bridgehead atoms.